The lowest BCUT2D eigenvalue weighted by Gasteiger charge is -2.03. The fourth-order valence-corrected chi connectivity index (χ4v) is 2.58. The van der Waals surface area contributed by atoms with Crippen LogP contribution < -0.4 is 0 Å². The highest BCUT2D eigenvalue weighted by molar-refractivity contribution is 7.98. The first kappa shape index (κ1) is 13.6. The molecule has 0 saturated carbocycles. The van der Waals surface area contributed by atoms with Gasteiger partial charge in [0.25, 0.3) is 5.89 Å². The van der Waals surface area contributed by atoms with Gasteiger partial charge >= 0.3 is 0 Å². The maximum atomic E-state index is 5.54. The molecule has 7 nitrogen and oxygen atoms in total. The van der Waals surface area contributed by atoms with E-state index >= 15 is 0 Å². The SMILES string of the molecule is C=CCn1c(C)nnc1SCc1nnc(-c2ccco2)o1. The Hall–Kier alpha value is -2.35. The van der Waals surface area contributed by atoms with Gasteiger partial charge in [0.2, 0.25) is 5.89 Å². The van der Waals surface area contributed by atoms with E-state index in [0.717, 1.165) is 11.0 Å². The number of rotatable bonds is 6. The van der Waals surface area contributed by atoms with E-state index in [1.807, 2.05) is 17.6 Å². The minimum absolute atomic E-state index is 0.374. The summed E-state index contributed by atoms with van der Waals surface area (Å²) in [7, 11) is 0. The zero-order chi connectivity index (χ0) is 14.7. The zero-order valence-corrected chi connectivity index (χ0v) is 12.2. The minimum atomic E-state index is 0.374. The van der Waals surface area contributed by atoms with Gasteiger partial charge in [0.1, 0.15) is 5.82 Å². The van der Waals surface area contributed by atoms with Crippen molar-refractivity contribution in [3.05, 3.63) is 42.8 Å². The average molecular weight is 303 g/mol. The number of aryl methyl sites for hydroxylation is 1. The number of hydrogen-bond acceptors (Lipinski definition) is 7. The van der Waals surface area contributed by atoms with Crippen molar-refractivity contribution in [2.45, 2.75) is 24.4 Å². The van der Waals surface area contributed by atoms with Gasteiger partial charge in [-0.1, -0.05) is 17.8 Å². The van der Waals surface area contributed by atoms with Crippen molar-refractivity contribution in [3.63, 3.8) is 0 Å². The van der Waals surface area contributed by atoms with E-state index in [2.05, 4.69) is 27.0 Å². The van der Waals surface area contributed by atoms with E-state index < -0.39 is 0 Å². The molecule has 0 unspecified atom stereocenters. The lowest BCUT2D eigenvalue weighted by molar-refractivity contribution is 0.494. The molecule has 108 valence electrons. The van der Waals surface area contributed by atoms with Crippen molar-refractivity contribution >= 4 is 11.8 Å². The maximum Gasteiger partial charge on any atom is 0.283 e. The molecule has 0 aromatic carbocycles. The first-order chi connectivity index (χ1) is 10.3. The molecule has 0 saturated heterocycles. The summed E-state index contributed by atoms with van der Waals surface area (Å²) in [6, 6.07) is 3.54. The number of nitrogens with zero attached hydrogens (tertiary/aromatic N) is 5. The number of thioether (sulfide) groups is 1. The molecular formula is C13H13N5O2S. The van der Waals surface area contributed by atoms with Crippen LogP contribution >= 0.6 is 11.8 Å². The molecule has 0 bridgehead atoms. The molecule has 8 heteroatoms. The third-order valence-corrected chi connectivity index (χ3v) is 3.69. The van der Waals surface area contributed by atoms with Gasteiger partial charge in [0.15, 0.2) is 10.9 Å². The summed E-state index contributed by atoms with van der Waals surface area (Å²) in [5.41, 5.74) is 0. The molecule has 0 aliphatic heterocycles. The summed E-state index contributed by atoms with van der Waals surface area (Å²) >= 11 is 1.49. The standard InChI is InChI=1S/C13H13N5O2S/c1-3-6-18-9(2)14-17-13(18)21-8-11-15-16-12(20-11)10-5-4-7-19-10/h3-5,7H,1,6,8H2,2H3. The Morgan fingerprint density at radius 3 is 3.00 bits per heavy atom. The quantitative estimate of drug-likeness (QED) is 0.511. The Balaban J connectivity index is 1.69. The number of aromatic nitrogens is 5. The smallest absolute Gasteiger partial charge is 0.283 e. The van der Waals surface area contributed by atoms with Crippen molar-refractivity contribution < 1.29 is 8.83 Å². The van der Waals surface area contributed by atoms with E-state index in [9.17, 15) is 0 Å². The van der Waals surface area contributed by atoms with Crippen LogP contribution in [0.2, 0.25) is 0 Å². The van der Waals surface area contributed by atoms with Crippen molar-refractivity contribution in [2.75, 3.05) is 0 Å². The Morgan fingerprint density at radius 1 is 1.33 bits per heavy atom. The van der Waals surface area contributed by atoms with E-state index in [0.29, 0.717) is 29.8 Å². The molecule has 3 rings (SSSR count). The number of furan rings is 1. The third-order valence-electron chi connectivity index (χ3n) is 2.74. The third kappa shape index (κ3) is 2.89. The van der Waals surface area contributed by atoms with Crippen molar-refractivity contribution in [1.29, 1.82) is 0 Å². The lowest BCUT2D eigenvalue weighted by Crippen LogP contribution is -2.00. The Morgan fingerprint density at radius 2 is 2.24 bits per heavy atom. The lowest BCUT2D eigenvalue weighted by atomic mass is 10.5. The zero-order valence-electron chi connectivity index (χ0n) is 11.4. The van der Waals surface area contributed by atoms with Crippen LogP contribution in [0.3, 0.4) is 0 Å². The highest BCUT2D eigenvalue weighted by atomic mass is 32.2. The fourth-order valence-electron chi connectivity index (χ4n) is 1.75. The molecule has 0 spiro atoms. The summed E-state index contributed by atoms with van der Waals surface area (Å²) in [6.07, 6.45) is 3.37. The summed E-state index contributed by atoms with van der Waals surface area (Å²) in [5.74, 6) is 2.81. The van der Waals surface area contributed by atoms with Crippen LogP contribution in [0.5, 0.6) is 0 Å². The second-order valence-electron chi connectivity index (χ2n) is 4.20. The van der Waals surface area contributed by atoms with Crippen LogP contribution in [0, 0.1) is 6.92 Å². The van der Waals surface area contributed by atoms with Crippen LogP contribution in [0.1, 0.15) is 11.7 Å². The summed E-state index contributed by atoms with van der Waals surface area (Å²) in [4.78, 5) is 0. The van der Waals surface area contributed by atoms with Gasteiger partial charge in [-0.2, -0.15) is 0 Å². The Kier molecular flexibility index (Phi) is 3.87. The summed E-state index contributed by atoms with van der Waals surface area (Å²) < 4.78 is 12.7. The fraction of sp³-hybridized carbons (Fsp3) is 0.231. The van der Waals surface area contributed by atoms with E-state index in [4.69, 9.17) is 8.83 Å². The van der Waals surface area contributed by atoms with Crippen molar-refractivity contribution in [3.8, 4) is 11.7 Å². The molecule has 0 aliphatic rings. The summed E-state index contributed by atoms with van der Waals surface area (Å²) in [5, 5.41) is 16.9. The van der Waals surface area contributed by atoms with Gasteiger partial charge in [-0.3, -0.25) is 0 Å². The molecule has 0 atom stereocenters. The molecular weight excluding hydrogens is 290 g/mol. The van der Waals surface area contributed by atoms with E-state index in [-0.39, 0.29) is 0 Å². The van der Waals surface area contributed by atoms with Gasteiger partial charge in [0.05, 0.1) is 12.0 Å². The van der Waals surface area contributed by atoms with Crippen LogP contribution in [0.15, 0.2) is 45.0 Å². The molecule has 3 aromatic rings. The van der Waals surface area contributed by atoms with Crippen LogP contribution in [0.4, 0.5) is 0 Å². The van der Waals surface area contributed by atoms with Crippen LogP contribution in [0.25, 0.3) is 11.7 Å². The van der Waals surface area contributed by atoms with Gasteiger partial charge in [-0.15, -0.1) is 27.0 Å². The van der Waals surface area contributed by atoms with Gasteiger partial charge in [0, 0.05) is 6.54 Å². The first-order valence-electron chi connectivity index (χ1n) is 6.27. The van der Waals surface area contributed by atoms with Gasteiger partial charge in [-0.05, 0) is 19.1 Å². The van der Waals surface area contributed by atoms with E-state index in [1.54, 1.807) is 18.4 Å². The van der Waals surface area contributed by atoms with Crippen molar-refractivity contribution in [2.24, 2.45) is 0 Å². The predicted molar refractivity (Wildman–Crippen MR) is 76.5 cm³/mol. The molecule has 0 radical (unpaired) electrons. The van der Waals surface area contributed by atoms with E-state index in [1.165, 1.54) is 11.8 Å². The molecule has 0 aliphatic carbocycles. The molecule has 3 heterocycles. The molecule has 0 fully saturated rings. The monoisotopic (exact) mass is 303 g/mol. The highest BCUT2D eigenvalue weighted by Crippen LogP contribution is 2.24. The maximum absolute atomic E-state index is 5.54. The molecule has 21 heavy (non-hydrogen) atoms. The Bertz CT molecular complexity index is 732. The topological polar surface area (TPSA) is 82.8 Å². The van der Waals surface area contributed by atoms with Crippen LogP contribution in [-0.2, 0) is 12.3 Å². The second kappa shape index (κ2) is 5.96. The predicted octanol–water partition coefficient (Wildman–Crippen LogP) is 2.71. The molecule has 0 N–H and O–H groups in total. The van der Waals surface area contributed by atoms with Crippen molar-refractivity contribution in [1.82, 2.24) is 25.0 Å². The largest absolute Gasteiger partial charge is 0.459 e. The second-order valence-corrected chi connectivity index (χ2v) is 5.14. The number of allylic oxidation sites excluding steroid dienone is 1. The Labute approximate surface area is 125 Å². The average Bonchev–Trinajstić information content (AvgIpc) is 3.19. The van der Waals surface area contributed by atoms with Crippen LogP contribution in [-0.4, -0.2) is 25.0 Å². The minimum Gasteiger partial charge on any atom is -0.459 e. The van der Waals surface area contributed by atoms with Gasteiger partial charge < -0.3 is 13.4 Å². The first-order valence-corrected chi connectivity index (χ1v) is 7.26. The molecule has 0 amide bonds. The summed E-state index contributed by atoms with van der Waals surface area (Å²) in [6.45, 7) is 6.31. The normalized spacial score (nSPS) is 10.9. The molecule has 3 aromatic heterocycles. The number of hydrogen-bond donors (Lipinski definition) is 0. The van der Waals surface area contributed by atoms with Gasteiger partial charge in [-0.25, -0.2) is 0 Å². The highest BCUT2D eigenvalue weighted by Gasteiger charge is 2.13.